The minimum Gasteiger partial charge on any atom is -0.493 e. The third-order valence-corrected chi connectivity index (χ3v) is 6.15. The highest BCUT2D eigenvalue weighted by Gasteiger charge is 2.16. The lowest BCUT2D eigenvalue weighted by Gasteiger charge is -2.15. The predicted molar refractivity (Wildman–Crippen MR) is 139 cm³/mol. The number of halogens is 1. The molecule has 0 fully saturated rings. The van der Waals surface area contributed by atoms with Gasteiger partial charge in [-0.05, 0) is 42.3 Å². The molecule has 0 amide bonds. The minimum absolute atomic E-state index is 0.0528. The first kappa shape index (κ1) is 23.7. The van der Waals surface area contributed by atoms with Gasteiger partial charge in [-0.15, -0.1) is 0 Å². The van der Waals surface area contributed by atoms with Gasteiger partial charge in [0.1, 0.15) is 12.4 Å². The molecule has 1 aromatic heterocycles. The van der Waals surface area contributed by atoms with Gasteiger partial charge in [-0.25, -0.2) is 4.98 Å². The molecule has 4 rings (SSSR count). The zero-order valence-electron chi connectivity index (χ0n) is 19.4. The standard InChI is InChI=1S/C27H26BrN3O3/c1-4-18(2)26-30-23-14-13-21(28)15-22(23)27(32)31(26)29-16-20-11-8-12-24(33-3)25(20)34-17-19-9-6-5-7-10-19/h5-16,18H,4,17H2,1-3H3/t18-/m1/s1. The van der Waals surface area contributed by atoms with Gasteiger partial charge < -0.3 is 9.47 Å². The number of hydrogen-bond acceptors (Lipinski definition) is 5. The van der Waals surface area contributed by atoms with Crippen molar-refractivity contribution >= 4 is 33.0 Å². The molecule has 0 aliphatic carbocycles. The lowest BCUT2D eigenvalue weighted by atomic mass is 10.1. The van der Waals surface area contributed by atoms with E-state index in [-0.39, 0.29) is 11.5 Å². The molecule has 1 heterocycles. The average molecular weight is 520 g/mol. The summed E-state index contributed by atoms with van der Waals surface area (Å²) >= 11 is 3.45. The molecule has 0 bridgehead atoms. The van der Waals surface area contributed by atoms with E-state index in [9.17, 15) is 4.79 Å². The maximum Gasteiger partial charge on any atom is 0.282 e. The van der Waals surface area contributed by atoms with Crippen molar-refractivity contribution in [2.45, 2.75) is 32.8 Å². The normalized spacial score (nSPS) is 12.2. The number of hydrogen-bond donors (Lipinski definition) is 0. The fraction of sp³-hybridized carbons (Fsp3) is 0.222. The van der Waals surface area contributed by atoms with Gasteiger partial charge in [0.25, 0.3) is 5.56 Å². The maximum atomic E-state index is 13.4. The maximum absolute atomic E-state index is 13.4. The van der Waals surface area contributed by atoms with Crippen LogP contribution < -0.4 is 15.0 Å². The molecule has 0 radical (unpaired) electrons. The first-order valence-electron chi connectivity index (χ1n) is 11.1. The van der Waals surface area contributed by atoms with Crippen LogP contribution in [0.3, 0.4) is 0 Å². The van der Waals surface area contributed by atoms with E-state index in [0.717, 1.165) is 16.5 Å². The van der Waals surface area contributed by atoms with E-state index < -0.39 is 0 Å². The van der Waals surface area contributed by atoms with Gasteiger partial charge in [-0.2, -0.15) is 9.78 Å². The Bertz CT molecular complexity index is 1380. The van der Waals surface area contributed by atoms with Crippen molar-refractivity contribution in [3.8, 4) is 11.5 Å². The van der Waals surface area contributed by atoms with E-state index in [1.54, 1.807) is 19.4 Å². The first-order valence-corrected chi connectivity index (χ1v) is 11.9. The first-order chi connectivity index (χ1) is 16.5. The van der Waals surface area contributed by atoms with Gasteiger partial charge >= 0.3 is 0 Å². The number of fused-ring (bicyclic) bond motifs is 1. The fourth-order valence-corrected chi connectivity index (χ4v) is 3.94. The second-order valence-corrected chi connectivity index (χ2v) is 8.87. The number of para-hydroxylation sites is 1. The van der Waals surface area contributed by atoms with E-state index >= 15 is 0 Å². The summed E-state index contributed by atoms with van der Waals surface area (Å²) in [7, 11) is 1.60. The lowest BCUT2D eigenvalue weighted by Crippen LogP contribution is -2.23. The number of benzene rings is 3. The molecule has 1 atom stereocenters. The van der Waals surface area contributed by atoms with E-state index in [1.807, 2.05) is 67.6 Å². The number of rotatable bonds is 8. The molecular weight excluding hydrogens is 494 g/mol. The summed E-state index contributed by atoms with van der Waals surface area (Å²) in [4.78, 5) is 18.2. The van der Waals surface area contributed by atoms with E-state index in [2.05, 4.69) is 28.0 Å². The Morgan fingerprint density at radius 3 is 2.65 bits per heavy atom. The van der Waals surface area contributed by atoms with Crippen LogP contribution in [0.15, 0.2) is 81.1 Å². The van der Waals surface area contributed by atoms with E-state index in [4.69, 9.17) is 14.5 Å². The molecule has 174 valence electrons. The summed E-state index contributed by atoms with van der Waals surface area (Å²) in [6.07, 6.45) is 2.45. The zero-order chi connectivity index (χ0) is 24.1. The highest BCUT2D eigenvalue weighted by Crippen LogP contribution is 2.31. The van der Waals surface area contributed by atoms with E-state index in [1.165, 1.54) is 4.68 Å². The molecule has 34 heavy (non-hydrogen) atoms. The Morgan fingerprint density at radius 2 is 1.91 bits per heavy atom. The van der Waals surface area contributed by atoms with Gasteiger partial charge in [0.05, 0.1) is 24.2 Å². The highest BCUT2D eigenvalue weighted by atomic mass is 79.9. The van der Waals surface area contributed by atoms with Gasteiger partial charge in [0.2, 0.25) is 0 Å². The van der Waals surface area contributed by atoms with Gasteiger partial charge in [-0.1, -0.05) is 66.2 Å². The van der Waals surface area contributed by atoms with Crippen molar-refractivity contribution in [2.24, 2.45) is 5.10 Å². The predicted octanol–water partition coefficient (Wildman–Crippen LogP) is 6.14. The number of aromatic nitrogens is 2. The van der Waals surface area contributed by atoms with Crippen molar-refractivity contribution in [3.63, 3.8) is 0 Å². The molecule has 0 unspecified atom stereocenters. The molecule has 0 saturated heterocycles. The Hall–Kier alpha value is -3.45. The molecular formula is C27H26BrN3O3. The summed E-state index contributed by atoms with van der Waals surface area (Å²) in [6, 6.07) is 21.0. The molecule has 0 aliphatic heterocycles. The van der Waals surface area contributed by atoms with Crippen LogP contribution in [0.25, 0.3) is 10.9 Å². The minimum atomic E-state index is -0.215. The van der Waals surface area contributed by atoms with Crippen LogP contribution in [0, 0.1) is 0 Å². The number of nitrogens with zero attached hydrogens (tertiary/aromatic N) is 3. The molecule has 0 spiro atoms. The monoisotopic (exact) mass is 519 g/mol. The topological polar surface area (TPSA) is 65.7 Å². The van der Waals surface area contributed by atoms with Gasteiger partial charge in [-0.3, -0.25) is 4.79 Å². The zero-order valence-corrected chi connectivity index (χ0v) is 21.0. The van der Waals surface area contributed by atoms with Crippen LogP contribution in [-0.2, 0) is 6.61 Å². The molecule has 0 N–H and O–H groups in total. The van der Waals surface area contributed by atoms with Gasteiger partial charge in [0.15, 0.2) is 11.5 Å². The number of ether oxygens (including phenoxy) is 2. The molecule has 0 aliphatic rings. The second-order valence-electron chi connectivity index (χ2n) is 7.96. The SMILES string of the molecule is CC[C@@H](C)c1nc2ccc(Br)cc2c(=O)n1N=Cc1cccc(OC)c1OCc1ccccc1. The van der Waals surface area contributed by atoms with Crippen molar-refractivity contribution in [3.05, 3.63) is 98.5 Å². The Labute approximate surface area is 207 Å². The van der Waals surface area contributed by atoms with Crippen molar-refractivity contribution in [1.82, 2.24) is 9.66 Å². The Balaban J connectivity index is 1.78. The summed E-state index contributed by atoms with van der Waals surface area (Å²) in [5, 5.41) is 5.09. The smallest absolute Gasteiger partial charge is 0.282 e. The van der Waals surface area contributed by atoms with Crippen LogP contribution in [0.2, 0.25) is 0 Å². The molecule has 4 aromatic rings. The lowest BCUT2D eigenvalue weighted by molar-refractivity contribution is 0.284. The van der Waals surface area contributed by atoms with Crippen LogP contribution in [0.4, 0.5) is 0 Å². The highest BCUT2D eigenvalue weighted by molar-refractivity contribution is 9.10. The van der Waals surface area contributed by atoms with E-state index in [0.29, 0.717) is 40.4 Å². The van der Waals surface area contributed by atoms with Crippen LogP contribution in [0.5, 0.6) is 11.5 Å². The fourth-order valence-electron chi connectivity index (χ4n) is 3.58. The summed E-state index contributed by atoms with van der Waals surface area (Å²) in [5.74, 6) is 1.83. The molecule has 7 heteroatoms. The Kier molecular flexibility index (Phi) is 7.43. The van der Waals surface area contributed by atoms with Gasteiger partial charge in [0, 0.05) is 16.0 Å². The van der Waals surface area contributed by atoms with Crippen LogP contribution in [0.1, 0.15) is 43.1 Å². The average Bonchev–Trinajstić information content (AvgIpc) is 2.87. The quantitative estimate of drug-likeness (QED) is 0.262. The Morgan fingerprint density at radius 1 is 1.12 bits per heavy atom. The number of methoxy groups -OCH3 is 1. The summed E-state index contributed by atoms with van der Waals surface area (Å²) in [6.45, 7) is 4.48. The molecule has 6 nitrogen and oxygen atoms in total. The van der Waals surface area contributed by atoms with Crippen molar-refractivity contribution < 1.29 is 9.47 Å². The molecule has 0 saturated carbocycles. The third kappa shape index (κ3) is 5.04. The summed E-state index contributed by atoms with van der Waals surface area (Å²) in [5.41, 5.74) is 2.18. The molecule has 3 aromatic carbocycles. The van der Waals surface area contributed by atoms with Crippen LogP contribution in [-0.4, -0.2) is 23.0 Å². The second kappa shape index (κ2) is 10.7. The summed E-state index contributed by atoms with van der Waals surface area (Å²) < 4.78 is 13.9. The van der Waals surface area contributed by atoms with Crippen LogP contribution >= 0.6 is 15.9 Å². The van der Waals surface area contributed by atoms with Crippen molar-refractivity contribution in [1.29, 1.82) is 0 Å². The van der Waals surface area contributed by atoms with Crippen molar-refractivity contribution in [2.75, 3.05) is 7.11 Å². The largest absolute Gasteiger partial charge is 0.493 e. The third-order valence-electron chi connectivity index (χ3n) is 5.65.